The molecule has 6 rings (SSSR count). The van der Waals surface area contributed by atoms with E-state index < -0.39 is 0 Å². The average Bonchev–Trinajstić information content (AvgIpc) is 3.18. The van der Waals surface area contributed by atoms with Gasteiger partial charge in [-0.2, -0.15) is 0 Å². The number of aromatic nitrogens is 4. The number of carbonyl (C=O) groups excluding carboxylic acids is 1. The predicted octanol–water partition coefficient (Wildman–Crippen LogP) is 4.83. The molecule has 1 saturated carbocycles. The van der Waals surface area contributed by atoms with Gasteiger partial charge in [-0.25, -0.2) is 15.0 Å². The van der Waals surface area contributed by atoms with Crippen molar-refractivity contribution in [3.8, 4) is 11.1 Å². The quantitative estimate of drug-likeness (QED) is 0.464. The minimum absolute atomic E-state index is 0.0114. The van der Waals surface area contributed by atoms with E-state index in [1.807, 2.05) is 47.0 Å². The topological polar surface area (TPSA) is 85.2 Å². The SMILES string of the molecule is CO[C@H]1CC[C@H](C(=O)N2Cc3cccnc3Nc3ccc(-c4cnc5c(c4)ncn5C)cc32)CC1. The van der Waals surface area contributed by atoms with Gasteiger partial charge in [0, 0.05) is 43.6 Å². The van der Waals surface area contributed by atoms with E-state index in [-0.39, 0.29) is 17.9 Å². The molecule has 8 nitrogen and oxygen atoms in total. The van der Waals surface area contributed by atoms with Crippen LogP contribution in [0.15, 0.2) is 55.1 Å². The molecule has 3 aromatic heterocycles. The minimum Gasteiger partial charge on any atom is -0.381 e. The Morgan fingerprint density at radius 3 is 2.74 bits per heavy atom. The number of imidazole rings is 1. The number of fused-ring (bicyclic) bond motifs is 3. The molecule has 0 spiro atoms. The van der Waals surface area contributed by atoms with Gasteiger partial charge in [0.15, 0.2) is 5.65 Å². The number of methoxy groups -OCH3 is 1. The zero-order valence-corrected chi connectivity index (χ0v) is 19.9. The van der Waals surface area contributed by atoms with Gasteiger partial charge in [0.1, 0.15) is 11.3 Å². The fraction of sp³-hybridized carbons (Fsp3) is 0.333. The van der Waals surface area contributed by atoms with E-state index in [0.717, 1.165) is 70.7 Å². The van der Waals surface area contributed by atoms with Crippen molar-refractivity contribution in [1.82, 2.24) is 19.5 Å². The molecule has 2 aliphatic rings. The van der Waals surface area contributed by atoms with Crippen molar-refractivity contribution in [3.63, 3.8) is 0 Å². The Bertz CT molecular complexity index is 1410. The number of aryl methyl sites for hydroxylation is 1. The molecule has 35 heavy (non-hydrogen) atoms. The van der Waals surface area contributed by atoms with E-state index in [0.29, 0.717) is 6.54 Å². The highest BCUT2D eigenvalue weighted by atomic mass is 16.5. The molecule has 1 fully saturated rings. The molecule has 0 atom stereocenters. The van der Waals surface area contributed by atoms with Crippen molar-refractivity contribution in [2.45, 2.75) is 38.3 Å². The summed E-state index contributed by atoms with van der Waals surface area (Å²) in [5.41, 5.74) is 6.38. The molecular weight excluding hydrogens is 440 g/mol. The summed E-state index contributed by atoms with van der Waals surface area (Å²) in [6.07, 6.45) is 9.18. The third-order valence-corrected chi connectivity index (χ3v) is 7.27. The third kappa shape index (κ3) is 3.93. The van der Waals surface area contributed by atoms with Crippen molar-refractivity contribution in [2.24, 2.45) is 13.0 Å². The van der Waals surface area contributed by atoms with Crippen LogP contribution in [0.3, 0.4) is 0 Å². The lowest BCUT2D eigenvalue weighted by atomic mass is 9.86. The Labute approximate surface area is 204 Å². The number of rotatable bonds is 3. The fourth-order valence-corrected chi connectivity index (χ4v) is 5.24. The summed E-state index contributed by atoms with van der Waals surface area (Å²) in [7, 11) is 3.69. The van der Waals surface area contributed by atoms with Crippen LogP contribution in [0.1, 0.15) is 31.2 Å². The smallest absolute Gasteiger partial charge is 0.230 e. The third-order valence-electron chi connectivity index (χ3n) is 7.27. The summed E-state index contributed by atoms with van der Waals surface area (Å²) in [5, 5.41) is 3.46. The molecule has 178 valence electrons. The highest BCUT2D eigenvalue weighted by molar-refractivity contribution is 6.00. The normalized spacial score (nSPS) is 19.5. The van der Waals surface area contributed by atoms with Crippen LogP contribution in [0.5, 0.6) is 0 Å². The molecule has 4 aromatic rings. The first kappa shape index (κ1) is 21.7. The molecular formula is C27H28N6O2. The van der Waals surface area contributed by atoms with E-state index in [1.54, 1.807) is 19.6 Å². The second kappa shape index (κ2) is 8.78. The summed E-state index contributed by atoms with van der Waals surface area (Å²) in [4.78, 5) is 29.4. The molecule has 4 heterocycles. The summed E-state index contributed by atoms with van der Waals surface area (Å²) >= 11 is 0. The average molecular weight is 469 g/mol. The lowest BCUT2D eigenvalue weighted by molar-refractivity contribution is -0.124. The second-order valence-corrected chi connectivity index (χ2v) is 9.42. The van der Waals surface area contributed by atoms with Crippen molar-refractivity contribution in [2.75, 3.05) is 17.3 Å². The van der Waals surface area contributed by atoms with Gasteiger partial charge in [-0.1, -0.05) is 12.1 Å². The zero-order chi connectivity index (χ0) is 23.9. The largest absolute Gasteiger partial charge is 0.381 e. The van der Waals surface area contributed by atoms with Gasteiger partial charge in [0.25, 0.3) is 0 Å². The summed E-state index contributed by atoms with van der Waals surface area (Å²) in [6, 6.07) is 12.2. The van der Waals surface area contributed by atoms with E-state index in [2.05, 4.69) is 32.4 Å². The summed E-state index contributed by atoms with van der Waals surface area (Å²) < 4.78 is 7.43. The van der Waals surface area contributed by atoms with E-state index in [4.69, 9.17) is 4.74 Å². The maximum Gasteiger partial charge on any atom is 0.230 e. The lowest BCUT2D eigenvalue weighted by Crippen LogP contribution is -2.38. The first-order chi connectivity index (χ1) is 17.1. The molecule has 0 bridgehead atoms. The van der Waals surface area contributed by atoms with Gasteiger partial charge < -0.3 is 19.5 Å². The molecule has 1 aliphatic carbocycles. The summed E-state index contributed by atoms with van der Waals surface area (Å²) in [6.45, 7) is 0.479. The number of carbonyl (C=O) groups is 1. The Kier molecular flexibility index (Phi) is 5.45. The fourth-order valence-electron chi connectivity index (χ4n) is 5.24. The van der Waals surface area contributed by atoms with Crippen molar-refractivity contribution in [3.05, 3.63) is 60.7 Å². The Balaban J connectivity index is 1.40. The van der Waals surface area contributed by atoms with Crippen LogP contribution in [0.25, 0.3) is 22.3 Å². The van der Waals surface area contributed by atoms with E-state index >= 15 is 0 Å². The van der Waals surface area contributed by atoms with Gasteiger partial charge in [-0.3, -0.25) is 4.79 Å². The Morgan fingerprint density at radius 2 is 1.91 bits per heavy atom. The Hall–Kier alpha value is -3.78. The highest BCUT2D eigenvalue weighted by Crippen LogP contribution is 2.40. The molecule has 0 radical (unpaired) electrons. The van der Waals surface area contributed by atoms with Crippen molar-refractivity contribution in [1.29, 1.82) is 0 Å². The molecule has 1 N–H and O–H groups in total. The number of hydrogen-bond acceptors (Lipinski definition) is 6. The van der Waals surface area contributed by atoms with Crippen LogP contribution in [0.2, 0.25) is 0 Å². The zero-order valence-electron chi connectivity index (χ0n) is 19.9. The number of nitrogens with zero attached hydrogens (tertiary/aromatic N) is 5. The number of ether oxygens (including phenoxy) is 1. The van der Waals surface area contributed by atoms with Crippen LogP contribution in [-0.4, -0.2) is 38.6 Å². The van der Waals surface area contributed by atoms with Gasteiger partial charge >= 0.3 is 0 Å². The highest BCUT2D eigenvalue weighted by Gasteiger charge is 2.33. The molecule has 0 unspecified atom stereocenters. The van der Waals surface area contributed by atoms with Crippen LogP contribution >= 0.6 is 0 Å². The van der Waals surface area contributed by atoms with Crippen molar-refractivity contribution >= 4 is 34.3 Å². The van der Waals surface area contributed by atoms with Gasteiger partial charge in [0.2, 0.25) is 5.91 Å². The number of hydrogen-bond donors (Lipinski definition) is 1. The first-order valence-corrected chi connectivity index (χ1v) is 12.1. The maximum atomic E-state index is 13.9. The molecule has 1 aliphatic heterocycles. The number of nitrogens with one attached hydrogen (secondary N) is 1. The van der Waals surface area contributed by atoms with Crippen molar-refractivity contribution < 1.29 is 9.53 Å². The number of pyridine rings is 2. The van der Waals surface area contributed by atoms with Gasteiger partial charge in [-0.05, 0) is 55.5 Å². The minimum atomic E-state index is -0.0114. The standard InChI is InChI=1S/C27H28N6O2/c1-32-16-30-23-12-20(14-29-26(23)32)18-7-10-22-24(13-18)33(15-19-4-3-11-28-25(19)31-22)27(34)17-5-8-21(35-2)9-6-17/h3-4,7,10-14,16-17,21H,5-6,8-9,15H2,1-2H3,(H,28,31)/t17-,21-. The molecule has 0 saturated heterocycles. The Morgan fingerprint density at radius 1 is 1.06 bits per heavy atom. The van der Waals surface area contributed by atoms with Crippen LogP contribution in [0, 0.1) is 5.92 Å². The number of benzene rings is 1. The number of anilines is 3. The van der Waals surface area contributed by atoms with Gasteiger partial charge in [-0.15, -0.1) is 0 Å². The first-order valence-electron chi connectivity index (χ1n) is 12.1. The van der Waals surface area contributed by atoms with E-state index in [9.17, 15) is 4.79 Å². The second-order valence-electron chi connectivity index (χ2n) is 9.42. The number of amides is 1. The van der Waals surface area contributed by atoms with Crippen LogP contribution < -0.4 is 10.2 Å². The van der Waals surface area contributed by atoms with E-state index in [1.165, 1.54) is 0 Å². The molecule has 8 heteroatoms. The maximum absolute atomic E-state index is 13.9. The monoisotopic (exact) mass is 468 g/mol. The van der Waals surface area contributed by atoms with Crippen LogP contribution in [0.4, 0.5) is 17.2 Å². The van der Waals surface area contributed by atoms with Gasteiger partial charge in [0.05, 0.1) is 30.4 Å². The predicted molar refractivity (Wildman–Crippen MR) is 135 cm³/mol. The molecule has 1 aromatic carbocycles. The lowest BCUT2D eigenvalue weighted by Gasteiger charge is -2.32. The molecule has 1 amide bonds. The summed E-state index contributed by atoms with van der Waals surface area (Å²) in [5.74, 6) is 0.939. The van der Waals surface area contributed by atoms with Crippen LogP contribution in [-0.2, 0) is 23.1 Å².